The molecule has 6 heteroatoms. The van der Waals surface area contributed by atoms with E-state index >= 15 is 0 Å². The number of nitriles is 1. The van der Waals surface area contributed by atoms with Gasteiger partial charge in [-0.05, 0) is 38.7 Å². The van der Waals surface area contributed by atoms with Crippen LogP contribution >= 0.6 is 0 Å². The van der Waals surface area contributed by atoms with E-state index in [9.17, 15) is 13.2 Å². The van der Waals surface area contributed by atoms with Crippen molar-refractivity contribution in [2.75, 3.05) is 38.6 Å². The lowest BCUT2D eigenvalue weighted by Gasteiger charge is -2.26. The smallest absolute Gasteiger partial charge is 0.370 e. The summed E-state index contributed by atoms with van der Waals surface area (Å²) >= 11 is 0. The maximum absolute atomic E-state index is 12.8. The van der Waals surface area contributed by atoms with Crippen molar-refractivity contribution in [3.63, 3.8) is 0 Å². The molecule has 0 radical (unpaired) electrons. The van der Waals surface area contributed by atoms with Gasteiger partial charge >= 0.3 is 6.18 Å². The second-order valence-corrected chi connectivity index (χ2v) is 5.13. The number of hydrogen-bond acceptors (Lipinski definition) is 3. The molecule has 1 rings (SSSR count). The molecule has 116 valence electrons. The predicted molar refractivity (Wildman–Crippen MR) is 77.2 cm³/mol. The van der Waals surface area contributed by atoms with Crippen molar-refractivity contribution in [1.29, 1.82) is 5.26 Å². The van der Waals surface area contributed by atoms with Crippen molar-refractivity contribution in [1.82, 2.24) is 4.90 Å². The Morgan fingerprint density at radius 2 is 1.81 bits per heavy atom. The Morgan fingerprint density at radius 3 is 2.29 bits per heavy atom. The number of rotatable bonds is 6. The van der Waals surface area contributed by atoms with Crippen LogP contribution in [0.2, 0.25) is 0 Å². The van der Waals surface area contributed by atoms with Gasteiger partial charge in [-0.3, -0.25) is 0 Å². The fourth-order valence-corrected chi connectivity index (χ4v) is 2.03. The number of nitrogens with zero attached hydrogens (tertiary/aromatic N) is 3. The molecule has 0 saturated carbocycles. The topological polar surface area (TPSA) is 30.3 Å². The van der Waals surface area contributed by atoms with Crippen molar-refractivity contribution in [3.8, 4) is 6.07 Å². The van der Waals surface area contributed by atoms with E-state index < -0.39 is 11.7 Å². The first-order valence-corrected chi connectivity index (χ1v) is 6.80. The summed E-state index contributed by atoms with van der Waals surface area (Å²) in [6.07, 6.45) is -3.61. The zero-order valence-electron chi connectivity index (χ0n) is 12.5. The Balaban J connectivity index is 3.08. The highest BCUT2D eigenvalue weighted by Crippen LogP contribution is 2.33. The van der Waals surface area contributed by atoms with E-state index in [-0.39, 0.29) is 5.56 Å². The molecule has 0 heterocycles. The fraction of sp³-hybridized carbons (Fsp3) is 0.533. The maximum Gasteiger partial charge on any atom is 0.417 e. The first kappa shape index (κ1) is 17.3. The van der Waals surface area contributed by atoms with Gasteiger partial charge in [0.25, 0.3) is 0 Å². The molecule has 0 aromatic heterocycles. The molecule has 1 aromatic carbocycles. The summed E-state index contributed by atoms with van der Waals surface area (Å²) in [6, 6.07) is 5.41. The van der Waals surface area contributed by atoms with E-state index in [0.29, 0.717) is 12.2 Å². The van der Waals surface area contributed by atoms with Gasteiger partial charge in [0, 0.05) is 25.3 Å². The largest absolute Gasteiger partial charge is 0.417 e. The van der Waals surface area contributed by atoms with Crippen molar-refractivity contribution >= 4 is 5.69 Å². The van der Waals surface area contributed by atoms with Gasteiger partial charge in [0.05, 0.1) is 17.2 Å². The van der Waals surface area contributed by atoms with E-state index in [2.05, 4.69) is 0 Å². The Bertz CT molecular complexity index is 504. The summed E-state index contributed by atoms with van der Waals surface area (Å²) in [4.78, 5) is 4.01. The lowest BCUT2D eigenvalue weighted by atomic mass is 10.1. The van der Waals surface area contributed by atoms with Gasteiger partial charge in [-0.1, -0.05) is 6.92 Å². The molecule has 0 saturated heterocycles. The van der Waals surface area contributed by atoms with Gasteiger partial charge in [-0.2, -0.15) is 18.4 Å². The molecule has 21 heavy (non-hydrogen) atoms. The Kier molecular flexibility index (Phi) is 6.03. The third kappa shape index (κ3) is 4.94. The molecule has 0 atom stereocenters. The third-order valence-corrected chi connectivity index (χ3v) is 3.10. The minimum atomic E-state index is -4.50. The molecule has 1 aromatic rings. The van der Waals surface area contributed by atoms with Crippen molar-refractivity contribution < 1.29 is 13.2 Å². The van der Waals surface area contributed by atoms with Gasteiger partial charge < -0.3 is 9.80 Å². The number of alkyl halides is 3. The number of hydrogen-bond donors (Lipinski definition) is 0. The molecular formula is C15H20F3N3. The van der Waals surface area contributed by atoms with Crippen LogP contribution in [0.15, 0.2) is 18.2 Å². The fourth-order valence-electron chi connectivity index (χ4n) is 2.03. The standard InChI is InChI=1S/C15H20F3N3/c1-4-7-21(9-8-20(2)3)13-5-6-14(15(16,17)18)12(10-13)11-19/h5-6,10H,4,7-9H2,1-3H3. The van der Waals surface area contributed by atoms with Gasteiger partial charge in [0.2, 0.25) is 0 Å². The van der Waals surface area contributed by atoms with Crippen LogP contribution in [0.3, 0.4) is 0 Å². The van der Waals surface area contributed by atoms with Gasteiger partial charge in [-0.15, -0.1) is 0 Å². The highest BCUT2D eigenvalue weighted by atomic mass is 19.4. The van der Waals surface area contributed by atoms with Crippen molar-refractivity contribution in [2.45, 2.75) is 19.5 Å². The van der Waals surface area contributed by atoms with E-state index in [4.69, 9.17) is 5.26 Å². The first-order valence-electron chi connectivity index (χ1n) is 6.80. The normalized spacial score (nSPS) is 11.5. The summed E-state index contributed by atoms with van der Waals surface area (Å²) in [5, 5.41) is 8.96. The number of anilines is 1. The SMILES string of the molecule is CCCN(CCN(C)C)c1ccc(C(F)(F)F)c(C#N)c1. The van der Waals surface area contributed by atoms with Crippen LogP contribution in [0.1, 0.15) is 24.5 Å². The summed E-state index contributed by atoms with van der Waals surface area (Å²) in [5.74, 6) is 0. The van der Waals surface area contributed by atoms with Crippen LogP contribution in [-0.4, -0.2) is 38.6 Å². The molecule has 0 bridgehead atoms. The highest BCUT2D eigenvalue weighted by Gasteiger charge is 2.33. The summed E-state index contributed by atoms with van der Waals surface area (Å²) in [5.41, 5.74) is -0.549. The van der Waals surface area contributed by atoms with E-state index in [1.807, 2.05) is 30.8 Å². The quantitative estimate of drug-likeness (QED) is 0.807. The minimum Gasteiger partial charge on any atom is -0.370 e. The van der Waals surface area contributed by atoms with Crippen LogP contribution in [-0.2, 0) is 6.18 Å². The average molecular weight is 299 g/mol. The van der Waals surface area contributed by atoms with Crippen LogP contribution in [0.5, 0.6) is 0 Å². The molecular weight excluding hydrogens is 279 g/mol. The van der Waals surface area contributed by atoms with Crippen LogP contribution in [0.4, 0.5) is 18.9 Å². The maximum atomic E-state index is 12.8. The third-order valence-electron chi connectivity index (χ3n) is 3.10. The van der Waals surface area contributed by atoms with E-state index in [0.717, 1.165) is 25.6 Å². The number of halogens is 3. The van der Waals surface area contributed by atoms with E-state index in [1.165, 1.54) is 12.1 Å². The molecule has 0 aliphatic rings. The van der Waals surface area contributed by atoms with Gasteiger partial charge in [0.1, 0.15) is 0 Å². The molecule has 0 unspecified atom stereocenters. The van der Waals surface area contributed by atoms with Crippen LogP contribution < -0.4 is 4.90 Å². The molecule has 0 amide bonds. The average Bonchev–Trinajstić information content (AvgIpc) is 2.41. The van der Waals surface area contributed by atoms with E-state index in [1.54, 1.807) is 6.07 Å². The molecule has 0 N–H and O–H groups in total. The second-order valence-electron chi connectivity index (χ2n) is 5.13. The zero-order valence-corrected chi connectivity index (χ0v) is 12.5. The number of benzene rings is 1. The number of likely N-dealkylation sites (N-methyl/N-ethyl adjacent to an activating group) is 1. The minimum absolute atomic E-state index is 0.328. The molecule has 0 fully saturated rings. The van der Waals surface area contributed by atoms with Crippen LogP contribution in [0, 0.1) is 11.3 Å². The summed E-state index contributed by atoms with van der Waals surface area (Å²) in [7, 11) is 3.88. The molecule has 0 aliphatic carbocycles. The molecule has 0 spiro atoms. The molecule has 3 nitrogen and oxygen atoms in total. The zero-order chi connectivity index (χ0) is 16.0. The second kappa shape index (κ2) is 7.32. The Hall–Kier alpha value is -1.74. The monoisotopic (exact) mass is 299 g/mol. The Labute approximate surface area is 123 Å². The van der Waals surface area contributed by atoms with Gasteiger partial charge in [0.15, 0.2) is 0 Å². The van der Waals surface area contributed by atoms with Crippen LogP contribution in [0.25, 0.3) is 0 Å². The lowest BCUT2D eigenvalue weighted by molar-refractivity contribution is -0.137. The van der Waals surface area contributed by atoms with Crippen molar-refractivity contribution in [3.05, 3.63) is 29.3 Å². The summed E-state index contributed by atoms with van der Waals surface area (Å²) in [6.45, 7) is 4.25. The Morgan fingerprint density at radius 1 is 1.14 bits per heavy atom. The van der Waals surface area contributed by atoms with Crippen molar-refractivity contribution in [2.24, 2.45) is 0 Å². The molecule has 0 aliphatic heterocycles. The van der Waals surface area contributed by atoms with Gasteiger partial charge in [-0.25, -0.2) is 0 Å². The summed E-state index contributed by atoms with van der Waals surface area (Å²) < 4.78 is 38.4. The predicted octanol–water partition coefficient (Wildman–Crippen LogP) is 3.36. The first-order chi connectivity index (χ1) is 9.79. The lowest BCUT2D eigenvalue weighted by Crippen LogP contribution is -2.32. The highest BCUT2D eigenvalue weighted by molar-refractivity contribution is 5.55.